The number of anilines is 2. The molecule has 3 N–H and O–H groups in total. The van der Waals surface area contributed by atoms with E-state index in [4.69, 9.17) is 9.47 Å². The van der Waals surface area contributed by atoms with Crippen LogP contribution in [0, 0.1) is 22.7 Å². The maximum atomic E-state index is 13.6. The van der Waals surface area contributed by atoms with Gasteiger partial charge in [-0.3, -0.25) is 19.1 Å². The number of aliphatic hydroxyl groups excluding tert-OH is 1. The summed E-state index contributed by atoms with van der Waals surface area (Å²) in [6.45, 7) is 3.25. The van der Waals surface area contributed by atoms with E-state index in [2.05, 4.69) is 43.5 Å². The number of halogens is 1. The standard InChI is InChI=1S/C46H50N6O8S2.ClH/c1-61(55,56)49-36-11-13-42-38(25-36)40(53)27-44(59-42)17-21-51(22-18-44)31-46(35-9-7-34(30-48)8-10-35,16-15-32-3-5-33(29-47)6-4-32)52-23-19-45(20-24-52)28-41(54)39-26-37(50-62(2,57)58)12-14-43(39)60-45;/h3-14,25-26,41,49-50,54H,15-24,27-28,31H2,1-2H3;1H. The minimum Gasteiger partial charge on any atom is -0.487 e. The lowest BCUT2D eigenvalue weighted by atomic mass is 9.76. The van der Waals surface area contributed by atoms with Crippen molar-refractivity contribution in [2.45, 2.75) is 74.2 Å². The third kappa shape index (κ3) is 10.1. The van der Waals surface area contributed by atoms with Crippen LogP contribution in [0.1, 0.15) is 89.2 Å². The van der Waals surface area contributed by atoms with Gasteiger partial charge in [-0.05, 0) is 84.6 Å². The second-order valence-corrected chi connectivity index (χ2v) is 20.9. The molecule has 17 heteroatoms. The second-order valence-electron chi connectivity index (χ2n) is 17.4. The van der Waals surface area contributed by atoms with Crippen molar-refractivity contribution in [1.82, 2.24) is 9.80 Å². The van der Waals surface area contributed by atoms with E-state index in [0.29, 0.717) is 123 Å². The summed E-state index contributed by atoms with van der Waals surface area (Å²) in [4.78, 5) is 18.6. The van der Waals surface area contributed by atoms with Crippen LogP contribution in [0.15, 0.2) is 84.9 Å². The molecule has 2 spiro atoms. The number of piperidine rings is 2. The first-order chi connectivity index (χ1) is 29.5. The monoisotopic (exact) mass is 914 g/mol. The van der Waals surface area contributed by atoms with E-state index in [9.17, 15) is 37.3 Å². The van der Waals surface area contributed by atoms with Gasteiger partial charge in [0.1, 0.15) is 22.7 Å². The predicted octanol–water partition coefficient (Wildman–Crippen LogP) is 6.27. The zero-order valence-electron chi connectivity index (χ0n) is 35.2. The molecule has 2 fully saturated rings. The lowest BCUT2D eigenvalue weighted by Crippen LogP contribution is -2.61. The summed E-state index contributed by atoms with van der Waals surface area (Å²) >= 11 is 0. The molecule has 0 aromatic heterocycles. The topological polar surface area (TPSA) is 202 Å². The number of benzene rings is 4. The van der Waals surface area contributed by atoms with Gasteiger partial charge in [0.2, 0.25) is 20.0 Å². The summed E-state index contributed by atoms with van der Waals surface area (Å²) in [6.07, 6.45) is 5.74. The van der Waals surface area contributed by atoms with Gasteiger partial charge in [0.15, 0.2) is 5.78 Å². The van der Waals surface area contributed by atoms with Crippen molar-refractivity contribution in [2.75, 3.05) is 54.7 Å². The molecule has 4 heterocycles. The molecule has 4 aromatic rings. The summed E-state index contributed by atoms with van der Waals surface area (Å²) < 4.78 is 65.8. The second kappa shape index (κ2) is 17.8. The SMILES string of the molecule is CS(=O)(=O)Nc1ccc2c(c1)C(=O)CC1(CCN(CC(CCc3ccc(C#N)cc3)(c3ccc(C#N)cc3)N3CCC4(CC3)CC(O)c3cc(NS(C)(=O)=O)ccc3O4)CC1)O2.Cl. The molecule has 4 aliphatic rings. The Labute approximate surface area is 375 Å². The third-order valence-corrected chi connectivity index (χ3v) is 14.2. The van der Waals surface area contributed by atoms with Crippen LogP contribution < -0.4 is 18.9 Å². The lowest BCUT2D eigenvalue weighted by Gasteiger charge is -2.54. The van der Waals surface area contributed by atoms with Gasteiger partial charge in [0, 0.05) is 81.8 Å². The van der Waals surface area contributed by atoms with Crippen LogP contribution in [0.3, 0.4) is 0 Å². The number of rotatable bonds is 11. The largest absolute Gasteiger partial charge is 0.487 e. The average Bonchev–Trinajstić information content (AvgIpc) is 3.23. The van der Waals surface area contributed by atoms with Gasteiger partial charge in [-0.1, -0.05) is 24.3 Å². The van der Waals surface area contributed by atoms with Gasteiger partial charge >= 0.3 is 0 Å². The fourth-order valence-corrected chi connectivity index (χ4v) is 10.9. The molecule has 0 amide bonds. The number of aliphatic hydroxyl groups is 1. The lowest BCUT2D eigenvalue weighted by molar-refractivity contribution is -0.0861. The first kappa shape index (κ1) is 45.8. The Balaban J connectivity index is 0.00000595. The van der Waals surface area contributed by atoms with Crippen LogP contribution in [-0.4, -0.2) is 94.0 Å². The predicted molar refractivity (Wildman–Crippen MR) is 241 cm³/mol. The number of carbonyl (C=O) groups excluding carboxylic acids is 1. The Hall–Kier alpha value is -5.20. The number of likely N-dealkylation sites (tertiary alicyclic amines) is 2. The molecule has 63 heavy (non-hydrogen) atoms. The summed E-state index contributed by atoms with van der Waals surface area (Å²) in [5, 5.41) is 30.7. The Morgan fingerprint density at radius 3 is 1.89 bits per heavy atom. The van der Waals surface area contributed by atoms with Crippen LogP contribution in [0.25, 0.3) is 0 Å². The summed E-state index contributed by atoms with van der Waals surface area (Å²) in [5.41, 5.74) is 3.01. The summed E-state index contributed by atoms with van der Waals surface area (Å²) in [5.74, 6) is 0.904. The zero-order chi connectivity index (χ0) is 43.9. The van der Waals surface area contributed by atoms with Crippen molar-refractivity contribution in [3.05, 3.63) is 118 Å². The highest BCUT2D eigenvalue weighted by Crippen LogP contribution is 2.48. The Bertz CT molecular complexity index is 2670. The highest BCUT2D eigenvalue weighted by Gasteiger charge is 2.50. The molecule has 332 valence electrons. The van der Waals surface area contributed by atoms with E-state index in [0.717, 1.165) is 23.6 Å². The van der Waals surface area contributed by atoms with Gasteiger partial charge in [-0.15, -0.1) is 12.4 Å². The van der Waals surface area contributed by atoms with Crippen molar-refractivity contribution < 1.29 is 36.2 Å². The Morgan fingerprint density at radius 2 is 1.30 bits per heavy atom. The number of hydrogen-bond donors (Lipinski definition) is 3. The van der Waals surface area contributed by atoms with E-state index in [-0.39, 0.29) is 24.6 Å². The van der Waals surface area contributed by atoms with Crippen LogP contribution in [0.5, 0.6) is 11.5 Å². The normalized spacial score (nSPS) is 20.3. The van der Waals surface area contributed by atoms with Crippen LogP contribution in [-0.2, 0) is 32.0 Å². The van der Waals surface area contributed by atoms with Crippen molar-refractivity contribution in [3.63, 3.8) is 0 Å². The summed E-state index contributed by atoms with van der Waals surface area (Å²) in [6, 6.07) is 29.8. The number of ether oxygens (including phenoxy) is 2. The number of ketones is 1. The molecule has 2 saturated heterocycles. The third-order valence-electron chi connectivity index (χ3n) is 13.0. The molecule has 0 radical (unpaired) electrons. The Morgan fingerprint density at radius 1 is 0.762 bits per heavy atom. The van der Waals surface area contributed by atoms with Crippen molar-refractivity contribution in [2.24, 2.45) is 0 Å². The molecule has 2 atom stereocenters. The number of hydrogen-bond acceptors (Lipinski definition) is 12. The molecule has 2 unspecified atom stereocenters. The number of carbonyl (C=O) groups is 1. The number of aryl methyl sites for hydroxylation is 1. The van der Waals surface area contributed by atoms with Crippen LogP contribution >= 0.6 is 12.4 Å². The molecule has 4 aromatic carbocycles. The zero-order valence-corrected chi connectivity index (χ0v) is 37.6. The molecule has 0 saturated carbocycles. The van der Waals surface area contributed by atoms with Gasteiger partial charge in [0.25, 0.3) is 0 Å². The van der Waals surface area contributed by atoms with E-state index in [1.165, 1.54) is 6.07 Å². The van der Waals surface area contributed by atoms with Crippen LogP contribution in [0.2, 0.25) is 0 Å². The molecule has 8 rings (SSSR count). The quantitative estimate of drug-likeness (QED) is 0.152. The van der Waals surface area contributed by atoms with Gasteiger partial charge in [-0.2, -0.15) is 10.5 Å². The first-order valence-electron chi connectivity index (χ1n) is 20.8. The highest BCUT2D eigenvalue weighted by molar-refractivity contribution is 7.92. The number of sulfonamides is 2. The van der Waals surface area contributed by atoms with E-state index in [1.807, 2.05) is 36.4 Å². The van der Waals surface area contributed by atoms with Gasteiger partial charge < -0.3 is 19.5 Å². The van der Waals surface area contributed by atoms with Gasteiger partial charge in [0.05, 0.1) is 59.4 Å². The maximum absolute atomic E-state index is 13.6. The van der Waals surface area contributed by atoms with E-state index >= 15 is 0 Å². The molecule has 0 bridgehead atoms. The fraction of sp³-hybridized carbons (Fsp3) is 0.413. The van der Waals surface area contributed by atoms with E-state index < -0.39 is 42.9 Å². The number of nitrogens with zero attached hydrogens (tertiary/aromatic N) is 4. The van der Waals surface area contributed by atoms with E-state index in [1.54, 1.807) is 30.3 Å². The van der Waals surface area contributed by atoms with Crippen molar-refractivity contribution in [3.8, 4) is 23.6 Å². The molecular weight excluding hydrogens is 864 g/mol. The average molecular weight is 916 g/mol. The minimum absolute atomic E-state index is 0. The number of Topliss-reactive ketones (excluding diaryl/α,β-unsaturated/α-hetero) is 1. The Kier molecular flexibility index (Phi) is 12.9. The highest BCUT2D eigenvalue weighted by atomic mass is 35.5. The molecule has 0 aliphatic carbocycles. The number of nitriles is 2. The number of fused-ring (bicyclic) bond motifs is 2. The van der Waals surface area contributed by atoms with Crippen molar-refractivity contribution >= 4 is 49.6 Å². The molecule has 14 nitrogen and oxygen atoms in total. The first-order valence-corrected chi connectivity index (χ1v) is 24.6. The summed E-state index contributed by atoms with van der Waals surface area (Å²) in [7, 11) is -7.03. The minimum atomic E-state index is -3.52. The number of nitrogens with one attached hydrogen (secondary N) is 2. The molecule has 4 aliphatic heterocycles. The molecular formula is C46H51ClN6O8S2. The van der Waals surface area contributed by atoms with Gasteiger partial charge in [-0.25, -0.2) is 16.8 Å². The fourth-order valence-electron chi connectivity index (χ4n) is 9.81. The van der Waals surface area contributed by atoms with Crippen LogP contribution in [0.4, 0.5) is 11.4 Å². The maximum Gasteiger partial charge on any atom is 0.229 e. The smallest absolute Gasteiger partial charge is 0.229 e. The van der Waals surface area contributed by atoms with Crippen molar-refractivity contribution in [1.29, 1.82) is 10.5 Å².